The molecule has 0 radical (unpaired) electrons. The largest absolute Gasteiger partial charge is 0.495 e. The van der Waals surface area contributed by atoms with Gasteiger partial charge in [-0.05, 0) is 24.5 Å². The van der Waals surface area contributed by atoms with Gasteiger partial charge in [0, 0.05) is 30.6 Å². The summed E-state index contributed by atoms with van der Waals surface area (Å²) in [5.74, 6) is 0.681. The van der Waals surface area contributed by atoms with Gasteiger partial charge in [-0.3, -0.25) is 9.48 Å². The zero-order valence-electron chi connectivity index (χ0n) is 16.9. The fraction of sp³-hybridized carbons (Fsp3) is 0.238. The molecule has 29 heavy (non-hydrogen) atoms. The first kappa shape index (κ1) is 21.1. The van der Waals surface area contributed by atoms with Gasteiger partial charge in [-0.25, -0.2) is 0 Å². The van der Waals surface area contributed by atoms with Crippen LogP contribution in [0.25, 0.3) is 11.3 Å². The molecule has 0 saturated carbocycles. The molecule has 0 fully saturated rings. The molecule has 2 aromatic carbocycles. The first-order valence-corrected chi connectivity index (χ1v) is 10.4. The summed E-state index contributed by atoms with van der Waals surface area (Å²) in [7, 11) is 6.54. The van der Waals surface area contributed by atoms with Gasteiger partial charge in [0.1, 0.15) is 11.5 Å². The maximum atomic E-state index is 13.1. The minimum Gasteiger partial charge on any atom is -0.495 e. The summed E-state index contributed by atoms with van der Waals surface area (Å²) in [6.07, 6.45) is 2.02. The first-order chi connectivity index (χ1) is 13.9. The van der Waals surface area contributed by atoms with Crippen molar-refractivity contribution in [2.24, 2.45) is 7.05 Å². The van der Waals surface area contributed by atoms with Crippen LogP contribution >= 0.6 is 23.4 Å². The van der Waals surface area contributed by atoms with Crippen LogP contribution < -0.4 is 14.4 Å². The van der Waals surface area contributed by atoms with Crippen LogP contribution in [0, 0.1) is 0 Å². The van der Waals surface area contributed by atoms with Gasteiger partial charge in [0.2, 0.25) is 0 Å². The molecule has 0 N–H and O–H groups in total. The zero-order valence-corrected chi connectivity index (χ0v) is 18.5. The van der Waals surface area contributed by atoms with Crippen molar-refractivity contribution in [1.29, 1.82) is 0 Å². The van der Waals surface area contributed by atoms with Gasteiger partial charge in [-0.2, -0.15) is 5.10 Å². The first-order valence-electron chi connectivity index (χ1n) is 8.78. The number of carbonyl (C=O) groups is 1. The van der Waals surface area contributed by atoms with E-state index < -0.39 is 0 Å². The highest BCUT2D eigenvalue weighted by molar-refractivity contribution is 7.98. The number of aromatic nitrogens is 2. The predicted octanol–water partition coefficient (Wildman–Crippen LogP) is 4.76. The second kappa shape index (κ2) is 8.80. The Labute approximate surface area is 179 Å². The van der Waals surface area contributed by atoms with Gasteiger partial charge in [0.25, 0.3) is 5.91 Å². The number of nitrogens with zero attached hydrogens (tertiary/aromatic N) is 3. The molecule has 3 aromatic rings. The van der Waals surface area contributed by atoms with Crippen LogP contribution in [-0.4, -0.2) is 43.2 Å². The molecule has 3 rings (SSSR count). The monoisotopic (exact) mass is 431 g/mol. The van der Waals surface area contributed by atoms with E-state index in [1.165, 1.54) is 19.1 Å². The highest BCUT2D eigenvalue weighted by Crippen LogP contribution is 2.38. The molecule has 0 aliphatic carbocycles. The van der Waals surface area contributed by atoms with Crippen LogP contribution in [0.1, 0.15) is 10.5 Å². The van der Waals surface area contributed by atoms with Crippen molar-refractivity contribution in [3.8, 4) is 22.8 Å². The number of hydrogen-bond donors (Lipinski definition) is 0. The van der Waals surface area contributed by atoms with Gasteiger partial charge in [-0.1, -0.05) is 29.8 Å². The van der Waals surface area contributed by atoms with Gasteiger partial charge >= 0.3 is 0 Å². The van der Waals surface area contributed by atoms with Crippen LogP contribution in [0.15, 0.2) is 47.4 Å². The number of amides is 1. The summed E-state index contributed by atoms with van der Waals surface area (Å²) in [5, 5.41) is 4.83. The molecule has 1 aromatic heterocycles. The lowest BCUT2D eigenvalue weighted by Gasteiger charge is -2.20. The number of anilines is 1. The number of methoxy groups -OCH3 is 2. The molecule has 0 aliphatic heterocycles. The Balaban J connectivity index is 1.99. The third-order valence-electron chi connectivity index (χ3n) is 4.60. The maximum absolute atomic E-state index is 13.1. The molecule has 152 valence electrons. The minimum absolute atomic E-state index is 0.270. The maximum Gasteiger partial charge on any atom is 0.278 e. The molecule has 0 atom stereocenters. The van der Waals surface area contributed by atoms with E-state index >= 15 is 0 Å². The summed E-state index contributed by atoms with van der Waals surface area (Å²) < 4.78 is 12.4. The number of aryl methyl sites for hydroxylation is 1. The molecule has 0 aliphatic rings. The Morgan fingerprint density at radius 3 is 2.48 bits per heavy atom. The second-order valence-electron chi connectivity index (χ2n) is 6.26. The Kier molecular flexibility index (Phi) is 6.39. The SMILES string of the molecule is COc1cc(OC)c(N(C)C(=O)c2cc(-c3ccccc3SC)n(C)n2)cc1Cl. The fourth-order valence-electron chi connectivity index (χ4n) is 3.07. The van der Waals surface area contributed by atoms with E-state index in [2.05, 4.69) is 5.10 Å². The smallest absolute Gasteiger partial charge is 0.278 e. The quantitative estimate of drug-likeness (QED) is 0.527. The average molecular weight is 432 g/mol. The van der Waals surface area contributed by atoms with Crippen LogP contribution in [-0.2, 0) is 7.05 Å². The van der Waals surface area contributed by atoms with Gasteiger partial charge < -0.3 is 14.4 Å². The van der Waals surface area contributed by atoms with Crippen LogP contribution in [0.4, 0.5) is 5.69 Å². The summed E-state index contributed by atoms with van der Waals surface area (Å²) in [6.45, 7) is 0. The molecule has 0 spiro atoms. The Morgan fingerprint density at radius 1 is 1.14 bits per heavy atom. The van der Waals surface area contributed by atoms with Crippen LogP contribution in [0.2, 0.25) is 5.02 Å². The van der Waals surface area contributed by atoms with Crippen molar-refractivity contribution in [1.82, 2.24) is 9.78 Å². The number of halogens is 1. The molecule has 1 heterocycles. The van der Waals surface area contributed by atoms with Gasteiger partial charge in [-0.15, -0.1) is 11.8 Å². The summed E-state index contributed by atoms with van der Waals surface area (Å²) in [5.41, 5.74) is 2.75. The Bertz CT molecular complexity index is 1050. The van der Waals surface area contributed by atoms with Gasteiger partial charge in [0.15, 0.2) is 5.69 Å². The second-order valence-corrected chi connectivity index (χ2v) is 7.52. The van der Waals surface area contributed by atoms with Crippen molar-refractivity contribution in [3.63, 3.8) is 0 Å². The van der Waals surface area contributed by atoms with E-state index in [0.29, 0.717) is 27.9 Å². The van der Waals surface area contributed by atoms with Crippen molar-refractivity contribution in [2.45, 2.75) is 4.90 Å². The fourth-order valence-corrected chi connectivity index (χ4v) is 3.91. The lowest BCUT2D eigenvalue weighted by Crippen LogP contribution is -2.27. The molecule has 0 saturated heterocycles. The number of benzene rings is 2. The normalized spacial score (nSPS) is 10.7. The topological polar surface area (TPSA) is 56.6 Å². The van der Waals surface area contributed by atoms with Crippen molar-refractivity contribution < 1.29 is 14.3 Å². The molecule has 0 bridgehead atoms. The minimum atomic E-state index is -0.270. The molecular weight excluding hydrogens is 410 g/mol. The summed E-state index contributed by atoms with van der Waals surface area (Å²) in [4.78, 5) is 15.7. The predicted molar refractivity (Wildman–Crippen MR) is 118 cm³/mol. The zero-order chi connectivity index (χ0) is 21.1. The van der Waals surface area contributed by atoms with E-state index in [-0.39, 0.29) is 5.91 Å². The van der Waals surface area contributed by atoms with E-state index in [1.54, 1.807) is 41.7 Å². The third kappa shape index (κ3) is 4.06. The molecule has 0 unspecified atom stereocenters. The number of rotatable bonds is 6. The highest BCUT2D eigenvalue weighted by Gasteiger charge is 2.23. The molecule has 8 heteroatoms. The van der Waals surface area contributed by atoms with E-state index in [0.717, 1.165) is 16.2 Å². The number of thioether (sulfide) groups is 1. The number of ether oxygens (including phenoxy) is 2. The lowest BCUT2D eigenvalue weighted by atomic mass is 10.1. The Hall–Kier alpha value is -2.64. The van der Waals surface area contributed by atoms with Crippen molar-refractivity contribution >= 4 is 35.0 Å². The van der Waals surface area contributed by atoms with Crippen molar-refractivity contribution in [2.75, 3.05) is 32.4 Å². The highest BCUT2D eigenvalue weighted by atomic mass is 35.5. The average Bonchev–Trinajstić information content (AvgIpc) is 3.13. The van der Waals surface area contributed by atoms with Gasteiger partial charge in [0.05, 0.1) is 30.6 Å². The van der Waals surface area contributed by atoms with Crippen LogP contribution in [0.3, 0.4) is 0 Å². The molecular formula is C21H22ClN3O3S. The van der Waals surface area contributed by atoms with Crippen LogP contribution in [0.5, 0.6) is 11.5 Å². The third-order valence-corrected chi connectivity index (χ3v) is 5.69. The molecule has 6 nitrogen and oxygen atoms in total. The number of carbonyl (C=O) groups excluding carboxylic acids is 1. The summed E-state index contributed by atoms with van der Waals surface area (Å²) in [6, 6.07) is 13.1. The number of hydrogen-bond acceptors (Lipinski definition) is 5. The van der Waals surface area contributed by atoms with E-state index in [9.17, 15) is 4.79 Å². The summed E-state index contributed by atoms with van der Waals surface area (Å²) >= 11 is 7.91. The lowest BCUT2D eigenvalue weighted by molar-refractivity contribution is 0.0987. The molecule has 1 amide bonds. The van der Waals surface area contributed by atoms with Crippen molar-refractivity contribution in [3.05, 3.63) is 53.2 Å². The van der Waals surface area contributed by atoms with E-state index in [4.69, 9.17) is 21.1 Å². The Morgan fingerprint density at radius 2 is 1.83 bits per heavy atom. The van der Waals surface area contributed by atoms with E-state index in [1.807, 2.05) is 37.6 Å². The standard InChI is InChI=1S/C21H22ClN3O3S/c1-24(17-10-14(22)18(27-3)12-19(17)28-4)21(26)15-11-16(25(2)23-15)13-8-6-7-9-20(13)29-5/h6-12H,1-5H3.